The molecule has 6 heteroatoms. The van der Waals surface area contributed by atoms with E-state index >= 15 is 0 Å². The molecule has 0 atom stereocenters. The van der Waals surface area contributed by atoms with Crippen molar-refractivity contribution in [1.29, 1.82) is 0 Å². The zero-order valence-electron chi connectivity index (χ0n) is 12.6. The number of hydrogen-bond acceptors (Lipinski definition) is 2. The van der Waals surface area contributed by atoms with Gasteiger partial charge in [-0.15, -0.1) is 0 Å². The second-order valence-electron chi connectivity index (χ2n) is 5.46. The van der Waals surface area contributed by atoms with E-state index in [1.54, 1.807) is 16.7 Å². The molecule has 0 aliphatic carbocycles. The van der Waals surface area contributed by atoms with Crippen molar-refractivity contribution < 1.29 is 0 Å². The maximum atomic E-state index is 12.4. The van der Waals surface area contributed by atoms with Gasteiger partial charge in [-0.25, -0.2) is 0 Å². The fourth-order valence-electron chi connectivity index (χ4n) is 2.54. The average molecular weight is 432 g/mol. The van der Waals surface area contributed by atoms with Crippen molar-refractivity contribution >= 4 is 42.9 Å². The number of H-pyrrole nitrogens is 1. The van der Waals surface area contributed by atoms with Crippen molar-refractivity contribution in [3.8, 4) is 0 Å². The van der Waals surface area contributed by atoms with Gasteiger partial charge in [0.05, 0.1) is 20.0 Å². The quantitative estimate of drug-likeness (QED) is 0.652. The van der Waals surface area contributed by atoms with Crippen LogP contribution in [0, 0.1) is 0 Å². The van der Waals surface area contributed by atoms with Crippen LogP contribution in [0.25, 0.3) is 11.0 Å². The molecule has 0 aliphatic rings. The number of hydrogen-bond donors (Lipinski definition) is 1. The molecule has 2 heterocycles. The third-order valence-corrected chi connectivity index (χ3v) is 4.91. The van der Waals surface area contributed by atoms with E-state index in [2.05, 4.69) is 43.8 Å². The van der Waals surface area contributed by atoms with E-state index < -0.39 is 0 Å². The molecule has 2 aromatic rings. The molecule has 0 fully saturated rings. The number of nitrogens with one attached hydrogen (secondary N) is 1. The van der Waals surface area contributed by atoms with Gasteiger partial charge in [0, 0.05) is 6.54 Å². The molecule has 0 amide bonds. The van der Waals surface area contributed by atoms with Crippen molar-refractivity contribution in [2.45, 2.75) is 52.0 Å². The number of unbranched alkanes of at least 4 members (excludes halogenated alkanes) is 5. The molecule has 0 saturated carbocycles. The van der Waals surface area contributed by atoms with Gasteiger partial charge in [-0.3, -0.25) is 9.59 Å². The number of aromatic nitrogens is 2. The molecule has 0 spiro atoms. The van der Waals surface area contributed by atoms with Gasteiger partial charge in [0.1, 0.15) is 0 Å². The van der Waals surface area contributed by atoms with Gasteiger partial charge in [0.15, 0.2) is 0 Å². The number of aromatic amines is 1. The first kappa shape index (κ1) is 17.5. The third-order valence-electron chi connectivity index (χ3n) is 3.75. The highest BCUT2D eigenvalue weighted by Crippen LogP contribution is 2.17. The number of aryl methyl sites for hydroxylation is 1. The highest BCUT2D eigenvalue weighted by molar-refractivity contribution is 9.10. The van der Waals surface area contributed by atoms with Crippen molar-refractivity contribution in [1.82, 2.24) is 9.55 Å². The van der Waals surface area contributed by atoms with Gasteiger partial charge in [-0.2, -0.15) is 0 Å². The molecule has 0 bridgehead atoms. The summed E-state index contributed by atoms with van der Waals surface area (Å²) in [6.45, 7) is 2.87. The fourth-order valence-corrected chi connectivity index (χ4v) is 3.30. The Kier molecular flexibility index (Phi) is 6.44. The summed E-state index contributed by atoms with van der Waals surface area (Å²) in [5.74, 6) is 0. The van der Waals surface area contributed by atoms with E-state index in [9.17, 15) is 9.59 Å². The lowest BCUT2D eigenvalue weighted by Gasteiger charge is -2.11. The zero-order chi connectivity index (χ0) is 16.1. The van der Waals surface area contributed by atoms with Gasteiger partial charge in [-0.05, 0) is 50.4 Å². The maximum absolute atomic E-state index is 12.4. The van der Waals surface area contributed by atoms with E-state index in [1.807, 2.05) is 0 Å². The van der Waals surface area contributed by atoms with Gasteiger partial charge in [0.2, 0.25) is 0 Å². The molecule has 4 nitrogen and oxygen atoms in total. The molecule has 1 N–H and O–H groups in total. The molecule has 0 aliphatic heterocycles. The molecule has 0 aromatic carbocycles. The van der Waals surface area contributed by atoms with Crippen molar-refractivity contribution in [2.24, 2.45) is 0 Å². The Hall–Kier alpha value is -0.880. The van der Waals surface area contributed by atoms with Crippen LogP contribution in [0.5, 0.6) is 0 Å². The van der Waals surface area contributed by atoms with E-state index in [4.69, 9.17) is 0 Å². The first-order chi connectivity index (χ1) is 10.5. The van der Waals surface area contributed by atoms with Crippen molar-refractivity contribution in [2.75, 3.05) is 0 Å². The van der Waals surface area contributed by atoms with E-state index in [0.29, 0.717) is 21.0 Å². The van der Waals surface area contributed by atoms with Crippen molar-refractivity contribution in [3.63, 3.8) is 0 Å². The summed E-state index contributed by atoms with van der Waals surface area (Å²) in [6, 6.07) is 3.39. The Morgan fingerprint density at radius 3 is 2.41 bits per heavy atom. The van der Waals surface area contributed by atoms with Crippen LogP contribution in [0.1, 0.15) is 45.4 Å². The lowest BCUT2D eigenvalue weighted by atomic mass is 10.1. The average Bonchev–Trinajstić information content (AvgIpc) is 2.48. The number of nitrogens with zero attached hydrogens (tertiary/aromatic N) is 1. The largest absolute Gasteiger partial charge is 0.320 e. The zero-order valence-corrected chi connectivity index (χ0v) is 15.8. The Morgan fingerprint density at radius 1 is 1.00 bits per heavy atom. The van der Waals surface area contributed by atoms with Gasteiger partial charge in [0.25, 0.3) is 11.1 Å². The molecular formula is C16H20Br2N2O2. The molecule has 0 unspecified atom stereocenters. The second kappa shape index (κ2) is 8.11. The van der Waals surface area contributed by atoms with Gasteiger partial charge >= 0.3 is 0 Å². The Morgan fingerprint density at radius 2 is 1.68 bits per heavy atom. The van der Waals surface area contributed by atoms with Gasteiger partial charge in [-0.1, -0.05) is 39.0 Å². The normalized spacial score (nSPS) is 11.2. The number of pyridine rings is 2. The van der Waals surface area contributed by atoms with E-state index in [1.165, 1.54) is 25.7 Å². The summed E-state index contributed by atoms with van der Waals surface area (Å²) in [7, 11) is 0. The summed E-state index contributed by atoms with van der Waals surface area (Å²) >= 11 is 6.52. The molecule has 0 radical (unpaired) electrons. The molecule has 0 saturated heterocycles. The van der Waals surface area contributed by atoms with E-state index in [-0.39, 0.29) is 11.1 Å². The molecule has 2 rings (SSSR count). The van der Waals surface area contributed by atoms with Crippen molar-refractivity contribution in [3.05, 3.63) is 41.8 Å². The van der Waals surface area contributed by atoms with E-state index in [0.717, 1.165) is 18.4 Å². The van der Waals surface area contributed by atoms with Crippen LogP contribution in [0.3, 0.4) is 0 Å². The molecule has 22 heavy (non-hydrogen) atoms. The lowest BCUT2D eigenvalue weighted by Crippen LogP contribution is -2.23. The summed E-state index contributed by atoms with van der Waals surface area (Å²) in [4.78, 5) is 26.8. The second-order valence-corrected chi connectivity index (χ2v) is 7.17. The fraction of sp³-hybridized carbons (Fsp3) is 0.500. The van der Waals surface area contributed by atoms with Crippen LogP contribution in [0.4, 0.5) is 0 Å². The molecule has 120 valence electrons. The number of rotatable bonds is 7. The number of halogens is 2. The summed E-state index contributed by atoms with van der Waals surface area (Å²) in [6.07, 6.45) is 7.04. The van der Waals surface area contributed by atoms with Crippen LogP contribution < -0.4 is 11.1 Å². The van der Waals surface area contributed by atoms with Crippen LogP contribution in [-0.4, -0.2) is 9.55 Å². The predicted octanol–water partition coefficient (Wildman–Crippen LogP) is 4.58. The third kappa shape index (κ3) is 4.10. The molecular weight excluding hydrogens is 412 g/mol. The lowest BCUT2D eigenvalue weighted by molar-refractivity contribution is 0.557. The minimum absolute atomic E-state index is 0.0555. The highest BCUT2D eigenvalue weighted by atomic mass is 79.9. The summed E-state index contributed by atoms with van der Waals surface area (Å²) in [5, 5.41) is 0. The van der Waals surface area contributed by atoms with Crippen LogP contribution in [0.15, 0.2) is 30.7 Å². The van der Waals surface area contributed by atoms with Crippen LogP contribution in [0.2, 0.25) is 0 Å². The van der Waals surface area contributed by atoms with Crippen LogP contribution in [-0.2, 0) is 6.54 Å². The first-order valence-electron chi connectivity index (χ1n) is 7.66. The minimum Gasteiger partial charge on any atom is -0.320 e. The van der Waals surface area contributed by atoms with Crippen LogP contribution >= 0.6 is 31.9 Å². The Bertz CT molecular complexity index is 765. The predicted molar refractivity (Wildman–Crippen MR) is 97.6 cm³/mol. The first-order valence-corrected chi connectivity index (χ1v) is 9.25. The standard InChI is InChI=1S/C16H20Br2N2O2/c1-2-3-4-5-6-7-8-20-14-10-11(17)15(21)19-13(14)9-12(18)16(20)22/h9-10H,2-8H2,1H3,(H,19,21). The summed E-state index contributed by atoms with van der Waals surface area (Å²) < 4.78 is 2.65. The topological polar surface area (TPSA) is 54.9 Å². The molecule has 2 aromatic heterocycles. The summed E-state index contributed by atoms with van der Waals surface area (Å²) in [5.41, 5.74) is 1.18. The smallest absolute Gasteiger partial charge is 0.265 e. The SMILES string of the molecule is CCCCCCCCn1c(=O)c(Br)cc2[nH]c(=O)c(Br)cc21. The monoisotopic (exact) mass is 430 g/mol. The Labute approximate surface area is 146 Å². The Balaban J connectivity index is 2.24. The highest BCUT2D eigenvalue weighted by Gasteiger charge is 2.10. The number of fused-ring (bicyclic) bond motifs is 1. The minimum atomic E-state index is -0.191. The maximum Gasteiger partial charge on any atom is 0.265 e. The van der Waals surface area contributed by atoms with Gasteiger partial charge < -0.3 is 9.55 Å².